The normalized spacial score (nSPS) is 15.7. The van der Waals surface area contributed by atoms with Crippen LogP contribution in [0.2, 0.25) is 0 Å². The van der Waals surface area contributed by atoms with Crippen molar-refractivity contribution in [1.29, 1.82) is 0 Å². The molecule has 0 N–H and O–H groups in total. The molecule has 172 valence electrons. The lowest BCUT2D eigenvalue weighted by molar-refractivity contribution is 0.155. The maximum atomic E-state index is 5.49. The van der Waals surface area contributed by atoms with Crippen LogP contribution in [0, 0.1) is 13.8 Å². The zero-order chi connectivity index (χ0) is 22.8. The smallest absolute Gasteiger partial charge is 0.138 e. The summed E-state index contributed by atoms with van der Waals surface area (Å²) in [7, 11) is 1.78. The van der Waals surface area contributed by atoms with E-state index < -0.39 is 0 Å². The van der Waals surface area contributed by atoms with Gasteiger partial charge in [0.2, 0.25) is 0 Å². The minimum absolute atomic E-state index is 0.319. The molecule has 3 aromatic rings. The van der Waals surface area contributed by atoms with E-state index in [-0.39, 0.29) is 0 Å². The molecule has 0 amide bonds. The largest absolute Gasteiger partial charge is 0.383 e. The Morgan fingerprint density at radius 2 is 1.78 bits per heavy atom. The number of aromatic nitrogens is 3. The van der Waals surface area contributed by atoms with E-state index in [1.807, 2.05) is 0 Å². The number of methoxy groups -OCH3 is 1. The van der Waals surface area contributed by atoms with E-state index in [1.54, 1.807) is 7.11 Å². The first-order chi connectivity index (χ1) is 15.4. The van der Waals surface area contributed by atoms with Crippen LogP contribution in [0.3, 0.4) is 0 Å². The van der Waals surface area contributed by atoms with Crippen molar-refractivity contribution in [2.24, 2.45) is 0 Å². The summed E-state index contributed by atoms with van der Waals surface area (Å²) in [4.78, 5) is 12.9. The number of nitrogens with zero attached hydrogens (tertiary/aromatic N) is 4. The number of fused-ring (bicyclic) bond motifs is 1. The van der Waals surface area contributed by atoms with Gasteiger partial charge in [-0.1, -0.05) is 20.8 Å². The molecule has 4 heterocycles. The molecule has 1 aliphatic heterocycles. The average molecular weight is 435 g/mol. The summed E-state index contributed by atoms with van der Waals surface area (Å²) >= 11 is 0. The highest BCUT2D eigenvalue weighted by atomic mass is 16.5. The SMILES string of the molecule is CC[C@H](COC)n1cc(C)c2nc(-c3ccc(C(C)C)nc3N3CCCCC3)c(C)cc21. The summed E-state index contributed by atoms with van der Waals surface area (Å²) in [5.41, 5.74) is 8.05. The topological polar surface area (TPSA) is 43.2 Å². The number of aryl methyl sites for hydroxylation is 2. The lowest BCUT2D eigenvalue weighted by Gasteiger charge is -2.30. The van der Waals surface area contributed by atoms with E-state index in [0.29, 0.717) is 18.6 Å². The third kappa shape index (κ3) is 4.27. The zero-order valence-electron chi connectivity index (χ0n) is 20.6. The molecule has 4 rings (SSSR count). The van der Waals surface area contributed by atoms with Crippen LogP contribution < -0.4 is 4.90 Å². The summed E-state index contributed by atoms with van der Waals surface area (Å²) in [5.74, 6) is 1.51. The van der Waals surface area contributed by atoms with Crippen molar-refractivity contribution >= 4 is 16.9 Å². The van der Waals surface area contributed by atoms with Gasteiger partial charge >= 0.3 is 0 Å². The fourth-order valence-corrected chi connectivity index (χ4v) is 4.90. The van der Waals surface area contributed by atoms with Gasteiger partial charge in [-0.05, 0) is 74.8 Å². The fraction of sp³-hybridized carbons (Fsp3) is 0.556. The monoisotopic (exact) mass is 434 g/mol. The van der Waals surface area contributed by atoms with Crippen LogP contribution >= 0.6 is 0 Å². The van der Waals surface area contributed by atoms with Gasteiger partial charge in [0.25, 0.3) is 0 Å². The Morgan fingerprint density at radius 3 is 2.44 bits per heavy atom. The number of anilines is 1. The highest BCUT2D eigenvalue weighted by Crippen LogP contribution is 2.36. The third-order valence-corrected chi connectivity index (χ3v) is 6.80. The Balaban J connectivity index is 1.86. The van der Waals surface area contributed by atoms with E-state index in [0.717, 1.165) is 47.8 Å². The van der Waals surface area contributed by atoms with Gasteiger partial charge in [-0.25, -0.2) is 9.97 Å². The molecular formula is C27H38N4O. The lowest BCUT2D eigenvalue weighted by atomic mass is 10.0. The van der Waals surface area contributed by atoms with Crippen molar-refractivity contribution < 1.29 is 4.74 Å². The van der Waals surface area contributed by atoms with E-state index in [1.165, 1.54) is 35.9 Å². The molecule has 0 unspecified atom stereocenters. The predicted molar refractivity (Wildman–Crippen MR) is 134 cm³/mol. The summed E-state index contributed by atoms with van der Waals surface area (Å²) in [5, 5.41) is 0. The average Bonchev–Trinajstić information content (AvgIpc) is 3.12. The Bertz CT molecular complexity index is 1080. The third-order valence-electron chi connectivity index (χ3n) is 6.80. The fourth-order valence-electron chi connectivity index (χ4n) is 4.90. The highest BCUT2D eigenvalue weighted by molar-refractivity contribution is 5.86. The van der Waals surface area contributed by atoms with Gasteiger partial charge in [0.05, 0.1) is 29.4 Å². The minimum atomic E-state index is 0.319. The summed E-state index contributed by atoms with van der Waals surface area (Å²) in [6.45, 7) is 13.9. The molecule has 1 aliphatic rings. The van der Waals surface area contributed by atoms with Crippen LogP contribution in [0.15, 0.2) is 24.4 Å². The van der Waals surface area contributed by atoms with Crippen molar-refractivity contribution in [2.45, 2.75) is 72.3 Å². The number of pyridine rings is 2. The Kier molecular flexibility index (Phi) is 6.85. The molecule has 3 aromatic heterocycles. The van der Waals surface area contributed by atoms with Gasteiger partial charge in [0.15, 0.2) is 0 Å². The van der Waals surface area contributed by atoms with Crippen molar-refractivity contribution in [3.8, 4) is 11.3 Å². The first-order valence-electron chi connectivity index (χ1n) is 12.2. The molecule has 1 atom stereocenters. The number of hydrogen-bond acceptors (Lipinski definition) is 4. The molecule has 0 aromatic carbocycles. The predicted octanol–water partition coefficient (Wildman–Crippen LogP) is 6.43. The number of hydrogen-bond donors (Lipinski definition) is 0. The van der Waals surface area contributed by atoms with Gasteiger partial charge in [-0.2, -0.15) is 0 Å². The second-order valence-corrected chi connectivity index (χ2v) is 9.57. The van der Waals surface area contributed by atoms with E-state index in [2.05, 4.69) is 68.5 Å². The van der Waals surface area contributed by atoms with Gasteiger partial charge in [-0.15, -0.1) is 0 Å². The molecule has 32 heavy (non-hydrogen) atoms. The molecule has 5 nitrogen and oxygen atoms in total. The molecule has 0 saturated carbocycles. The van der Waals surface area contributed by atoms with Crippen molar-refractivity contribution in [3.05, 3.63) is 41.2 Å². The highest BCUT2D eigenvalue weighted by Gasteiger charge is 2.22. The summed E-state index contributed by atoms with van der Waals surface area (Å²) in [6, 6.07) is 7.06. The van der Waals surface area contributed by atoms with Crippen LogP contribution in [0.5, 0.6) is 0 Å². The molecular weight excluding hydrogens is 396 g/mol. The molecule has 1 saturated heterocycles. The van der Waals surface area contributed by atoms with Crippen LogP contribution in [0.25, 0.3) is 22.3 Å². The Labute approximate surface area is 192 Å². The van der Waals surface area contributed by atoms with E-state index in [9.17, 15) is 0 Å². The molecule has 0 aliphatic carbocycles. The molecule has 5 heteroatoms. The zero-order valence-corrected chi connectivity index (χ0v) is 20.6. The van der Waals surface area contributed by atoms with Gasteiger partial charge in [0, 0.05) is 37.7 Å². The number of rotatable bonds is 7. The minimum Gasteiger partial charge on any atom is -0.383 e. The van der Waals surface area contributed by atoms with Crippen LogP contribution in [-0.4, -0.2) is 41.3 Å². The van der Waals surface area contributed by atoms with Crippen LogP contribution in [-0.2, 0) is 4.74 Å². The van der Waals surface area contributed by atoms with E-state index in [4.69, 9.17) is 14.7 Å². The number of ether oxygens (including phenoxy) is 1. The van der Waals surface area contributed by atoms with Gasteiger partial charge in [0.1, 0.15) is 5.82 Å². The molecule has 0 bridgehead atoms. The summed E-state index contributed by atoms with van der Waals surface area (Å²) in [6.07, 6.45) is 7.04. The quantitative estimate of drug-likeness (QED) is 0.430. The summed E-state index contributed by atoms with van der Waals surface area (Å²) < 4.78 is 7.84. The van der Waals surface area contributed by atoms with Crippen molar-refractivity contribution in [2.75, 3.05) is 31.7 Å². The van der Waals surface area contributed by atoms with Crippen LogP contribution in [0.4, 0.5) is 5.82 Å². The first-order valence-corrected chi connectivity index (χ1v) is 12.2. The lowest BCUT2D eigenvalue weighted by Crippen LogP contribution is -2.31. The first kappa shape index (κ1) is 22.8. The standard InChI is InChI=1S/C27H38N4O/c1-7-21(17-32-6)31-16-20(5)26-24(31)15-19(4)25(29-26)22-11-12-23(18(2)3)28-27(22)30-13-9-8-10-14-30/h11-12,15-16,18,21H,7-10,13-14,17H2,1-6H3/t21-/m1/s1. The van der Waals surface area contributed by atoms with Gasteiger partial charge < -0.3 is 14.2 Å². The molecule has 0 radical (unpaired) electrons. The second-order valence-electron chi connectivity index (χ2n) is 9.57. The molecule has 0 spiro atoms. The van der Waals surface area contributed by atoms with Crippen LogP contribution in [0.1, 0.15) is 75.2 Å². The van der Waals surface area contributed by atoms with Crippen molar-refractivity contribution in [3.63, 3.8) is 0 Å². The maximum Gasteiger partial charge on any atom is 0.138 e. The Morgan fingerprint density at radius 1 is 1.03 bits per heavy atom. The Hall–Kier alpha value is -2.40. The van der Waals surface area contributed by atoms with Crippen molar-refractivity contribution in [1.82, 2.24) is 14.5 Å². The number of piperidine rings is 1. The molecule has 1 fully saturated rings. The van der Waals surface area contributed by atoms with Gasteiger partial charge in [-0.3, -0.25) is 0 Å². The van der Waals surface area contributed by atoms with E-state index >= 15 is 0 Å². The maximum absolute atomic E-state index is 5.49. The second kappa shape index (κ2) is 9.62.